The Bertz CT molecular complexity index is 785. The molecule has 0 spiro atoms. The first kappa shape index (κ1) is 22.1. The van der Waals surface area contributed by atoms with Crippen molar-refractivity contribution in [1.82, 2.24) is 4.90 Å². The molecule has 28 heavy (non-hydrogen) atoms. The summed E-state index contributed by atoms with van der Waals surface area (Å²) in [6, 6.07) is 8.80. The van der Waals surface area contributed by atoms with Crippen LogP contribution in [-0.2, 0) is 11.3 Å². The van der Waals surface area contributed by atoms with Crippen molar-refractivity contribution in [3.63, 3.8) is 0 Å². The van der Waals surface area contributed by atoms with E-state index in [9.17, 15) is 4.79 Å². The SMILES string of the molecule is COc1cc(NC(=O)CCN(C)Cc2cc(Cl)cc(Cl)c2)cc(OC)c1OC. The van der Waals surface area contributed by atoms with Gasteiger partial charge in [0, 0.05) is 47.4 Å². The fraction of sp³-hybridized carbons (Fsp3) is 0.350. The molecule has 2 aromatic rings. The minimum absolute atomic E-state index is 0.120. The van der Waals surface area contributed by atoms with Crippen molar-refractivity contribution in [3.05, 3.63) is 45.9 Å². The molecular formula is C20H24Cl2N2O4. The highest BCUT2D eigenvalue weighted by molar-refractivity contribution is 6.34. The Morgan fingerprint density at radius 1 is 0.964 bits per heavy atom. The van der Waals surface area contributed by atoms with Crippen molar-refractivity contribution in [2.45, 2.75) is 13.0 Å². The molecule has 1 amide bonds. The molecule has 6 nitrogen and oxygen atoms in total. The maximum absolute atomic E-state index is 12.3. The van der Waals surface area contributed by atoms with E-state index in [1.165, 1.54) is 21.3 Å². The molecule has 0 aromatic heterocycles. The lowest BCUT2D eigenvalue weighted by molar-refractivity contribution is -0.116. The van der Waals surface area contributed by atoms with E-state index in [2.05, 4.69) is 5.32 Å². The van der Waals surface area contributed by atoms with Crippen LogP contribution in [-0.4, -0.2) is 45.7 Å². The number of amides is 1. The Labute approximate surface area is 175 Å². The second-order valence-corrected chi connectivity index (χ2v) is 7.10. The van der Waals surface area contributed by atoms with Gasteiger partial charge in [-0.05, 0) is 30.8 Å². The summed E-state index contributed by atoms with van der Waals surface area (Å²) >= 11 is 12.1. The number of anilines is 1. The van der Waals surface area contributed by atoms with Gasteiger partial charge < -0.3 is 24.4 Å². The highest BCUT2D eigenvalue weighted by Crippen LogP contribution is 2.39. The topological polar surface area (TPSA) is 60.0 Å². The van der Waals surface area contributed by atoms with E-state index in [1.54, 1.807) is 18.2 Å². The van der Waals surface area contributed by atoms with Crippen LogP contribution in [0.5, 0.6) is 17.2 Å². The van der Waals surface area contributed by atoms with Crippen LogP contribution in [0.25, 0.3) is 0 Å². The monoisotopic (exact) mass is 426 g/mol. The third kappa shape index (κ3) is 6.19. The zero-order valence-electron chi connectivity index (χ0n) is 16.3. The van der Waals surface area contributed by atoms with Crippen molar-refractivity contribution in [3.8, 4) is 17.2 Å². The van der Waals surface area contributed by atoms with Crippen LogP contribution < -0.4 is 19.5 Å². The van der Waals surface area contributed by atoms with Gasteiger partial charge in [-0.15, -0.1) is 0 Å². The Morgan fingerprint density at radius 3 is 2.04 bits per heavy atom. The molecule has 152 valence electrons. The van der Waals surface area contributed by atoms with Crippen molar-refractivity contribution >= 4 is 34.8 Å². The smallest absolute Gasteiger partial charge is 0.225 e. The van der Waals surface area contributed by atoms with E-state index >= 15 is 0 Å². The third-order valence-corrected chi connectivity index (χ3v) is 4.48. The standard InChI is InChI=1S/C20H24Cl2N2O4/c1-24(12-13-7-14(21)9-15(22)8-13)6-5-19(25)23-16-10-17(26-2)20(28-4)18(11-16)27-3/h7-11H,5-6,12H2,1-4H3,(H,23,25). The molecule has 2 rings (SSSR count). The molecule has 0 unspecified atom stereocenters. The van der Waals surface area contributed by atoms with Crippen LogP contribution in [0.2, 0.25) is 10.0 Å². The molecular weight excluding hydrogens is 403 g/mol. The lowest BCUT2D eigenvalue weighted by Crippen LogP contribution is -2.24. The van der Waals surface area contributed by atoms with Gasteiger partial charge in [-0.2, -0.15) is 0 Å². The highest BCUT2D eigenvalue weighted by Gasteiger charge is 2.15. The van der Waals surface area contributed by atoms with E-state index < -0.39 is 0 Å². The zero-order valence-corrected chi connectivity index (χ0v) is 17.9. The molecule has 0 atom stereocenters. The Morgan fingerprint density at radius 2 is 1.54 bits per heavy atom. The molecule has 0 aliphatic carbocycles. The summed E-state index contributed by atoms with van der Waals surface area (Å²) in [5, 5.41) is 4.04. The van der Waals surface area contributed by atoms with Gasteiger partial charge >= 0.3 is 0 Å². The number of nitrogens with zero attached hydrogens (tertiary/aromatic N) is 1. The molecule has 0 saturated carbocycles. The Hall–Kier alpha value is -2.15. The average Bonchev–Trinajstić information content (AvgIpc) is 2.64. The van der Waals surface area contributed by atoms with E-state index in [0.717, 1.165) is 5.56 Å². The first-order valence-electron chi connectivity index (χ1n) is 8.59. The first-order valence-corrected chi connectivity index (χ1v) is 9.35. The molecule has 0 fully saturated rings. The van der Waals surface area contributed by atoms with Crippen LogP contribution in [0.3, 0.4) is 0 Å². The number of methoxy groups -OCH3 is 3. The lowest BCUT2D eigenvalue weighted by atomic mass is 10.2. The van der Waals surface area contributed by atoms with Crippen LogP contribution >= 0.6 is 23.2 Å². The summed E-state index contributed by atoms with van der Waals surface area (Å²) in [7, 11) is 6.52. The van der Waals surface area contributed by atoms with Gasteiger partial charge in [-0.3, -0.25) is 4.79 Å². The van der Waals surface area contributed by atoms with Crippen LogP contribution in [0, 0.1) is 0 Å². The summed E-state index contributed by atoms with van der Waals surface area (Å²) < 4.78 is 15.9. The summed E-state index contributed by atoms with van der Waals surface area (Å²) in [6.45, 7) is 1.21. The van der Waals surface area contributed by atoms with Crippen molar-refractivity contribution in [2.75, 3.05) is 40.2 Å². The summed E-state index contributed by atoms with van der Waals surface area (Å²) in [5.74, 6) is 1.31. The summed E-state index contributed by atoms with van der Waals surface area (Å²) in [6.07, 6.45) is 0.321. The molecule has 2 aromatic carbocycles. The zero-order chi connectivity index (χ0) is 20.7. The third-order valence-electron chi connectivity index (χ3n) is 4.04. The van der Waals surface area contributed by atoms with Gasteiger partial charge in [0.05, 0.1) is 21.3 Å². The fourth-order valence-electron chi connectivity index (χ4n) is 2.76. The fourth-order valence-corrected chi connectivity index (χ4v) is 3.33. The van der Waals surface area contributed by atoms with Gasteiger partial charge in [0.2, 0.25) is 11.7 Å². The van der Waals surface area contributed by atoms with Crippen molar-refractivity contribution in [1.29, 1.82) is 0 Å². The molecule has 8 heteroatoms. The van der Waals surface area contributed by atoms with E-state index in [4.69, 9.17) is 37.4 Å². The van der Waals surface area contributed by atoms with Gasteiger partial charge in [-0.25, -0.2) is 0 Å². The maximum Gasteiger partial charge on any atom is 0.225 e. The predicted octanol–water partition coefficient (Wildman–Crippen LogP) is 4.48. The number of carbonyl (C=O) groups excluding carboxylic acids is 1. The maximum atomic E-state index is 12.3. The number of hydrogen-bond donors (Lipinski definition) is 1. The van der Waals surface area contributed by atoms with E-state index in [0.29, 0.717) is 52.5 Å². The Kier molecular flexibility index (Phi) is 8.23. The number of carbonyl (C=O) groups is 1. The molecule has 0 radical (unpaired) electrons. The molecule has 1 N–H and O–H groups in total. The quantitative estimate of drug-likeness (QED) is 0.640. The molecule has 0 saturated heterocycles. The number of hydrogen-bond acceptors (Lipinski definition) is 5. The Balaban J connectivity index is 1.94. The number of ether oxygens (including phenoxy) is 3. The van der Waals surface area contributed by atoms with Gasteiger partial charge in [0.1, 0.15) is 0 Å². The van der Waals surface area contributed by atoms with Gasteiger partial charge in [0.25, 0.3) is 0 Å². The first-order chi connectivity index (χ1) is 13.4. The summed E-state index contributed by atoms with van der Waals surface area (Å²) in [4.78, 5) is 14.4. The van der Waals surface area contributed by atoms with E-state index in [1.807, 2.05) is 24.1 Å². The van der Waals surface area contributed by atoms with Crippen molar-refractivity contribution in [2.24, 2.45) is 0 Å². The van der Waals surface area contributed by atoms with Crippen LogP contribution in [0.4, 0.5) is 5.69 Å². The lowest BCUT2D eigenvalue weighted by Gasteiger charge is -2.17. The second kappa shape index (κ2) is 10.4. The normalized spacial score (nSPS) is 10.7. The molecule has 0 heterocycles. The predicted molar refractivity (Wildman–Crippen MR) is 112 cm³/mol. The number of benzene rings is 2. The number of rotatable bonds is 9. The minimum atomic E-state index is -0.120. The van der Waals surface area contributed by atoms with Crippen LogP contribution in [0.15, 0.2) is 30.3 Å². The number of nitrogens with one attached hydrogen (secondary N) is 1. The van der Waals surface area contributed by atoms with Crippen LogP contribution in [0.1, 0.15) is 12.0 Å². The average molecular weight is 427 g/mol. The second-order valence-electron chi connectivity index (χ2n) is 6.23. The molecule has 0 bridgehead atoms. The van der Waals surface area contributed by atoms with E-state index in [-0.39, 0.29) is 5.91 Å². The van der Waals surface area contributed by atoms with Gasteiger partial charge in [-0.1, -0.05) is 23.2 Å². The molecule has 0 aliphatic rings. The summed E-state index contributed by atoms with van der Waals surface area (Å²) in [5.41, 5.74) is 1.56. The highest BCUT2D eigenvalue weighted by atomic mass is 35.5. The minimum Gasteiger partial charge on any atom is -0.493 e. The van der Waals surface area contributed by atoms with Crippen molar-refractivity contribution < 1.29 is 19.0 Å². The largest absolute Gasteiger partial charge is 0.493 e. The molecule has 0 aliphatic heterocycles. The number of halogens is 2. The van der Waals surface area contributed by atoms with Gasteiger partial charge in [0.15, 0.2) is 11.5 Å².